The van der Waals surface area contributed by atoms with Crippen molar-refractivity contribution in [1.82, 2.24) is 39.9 Å². The van der Waals surface area contributed by atoms with Gasteiger partial charge in [-0.25, -0.2) is 19.9 Å². The third kappa shape index (κ3) is 9.73. The van der Waals surface area contributed by atoms with Gasteiger partial charge in [-0.15, -0.1) is 0 Å². The van der Waals surface area contributed by atoms with E-state index in [0.29, 0.717) is 0 Å². The number of H-pyrrole nitrogens is 4. The van der Waals surface area contributed by atoms with Crippen molar-refractivity contribution < 1.29 is 0 Å². The number of rotatable bonds is 8. The second-order valence-electron chi connectivity index (χ2n) is 26.1. The van der Waals surface area contributed by atoms with Crippen LogP contribution in [-0.2, 0) is 0 Å². The zero-order chi connectivity index (χ0) is 66.4. The van der Waals surface area contributed by atoms with E-state index in [1.807, 2.05) is 0 Å². The molecule has 0 atom stereocenters. The van der Waals surface area contributed by atoms with Crippen molar-refractivity contribution in [3.63, 3.8) is 0 Å². The largest absolute Gasteiger partial charge is 0.354 e. The van der Waals surface area contributed by atoms with Gasteiger partial charge in [-0.05, 0) is 193 Å². The maximum Gasteiger partial charge on any atom is 0.0769 e. The van der Waals surface area contributed by atoms with Gasteiger partial charge in [0.15, 0.2) is 0 Å². The quantitative estimate of drug-likeness (QED) is 0.121. The molecular weight excluding hydrogens is 1190 g/mol. The molecule has 98 heavy (non-hydrogen) atoms. The summed E-state index contributed by atoms with van der Waals surface area (Å²) in [6.07, 6.45) is 8.71. The Labute approximate surface area is 570 Å². The molecule has 0 radical (unpaired) electrons. The average molecular weight is 1260 g/mol. The maximum atomic E-state index is 6.13. The maximum absolute atomic E-state index is 6.13. The minimum absolute atomic E-state index is 0.806. The molecule has 6 aromatic heterocycles. The highest BCUT2D eigenvalue weighted by molar-refractivity contribution is 6.11. The topological polar surface area (TPSA) is 115 Å². The van der Waals surface area contributed by atoms with Crippen LogP contribution in [0.25, 0.3) is 180 Å². The fourth-order valence-corrected chi connectivity index (χ4v) is 15.1. The van der Waals surface area contributed by atoms with Gasteiger partial charge >= 0.3 is 0 Å². The van der Waals surface area contributed by atoms with Crippen LogP contribution in [0.15, 0.2) is 231 Å². The first-order chi connectivity index (χ1) is 48.0. The lowest BCUT2D eigenvalue weighted by atomic mass is 9.90. The lowest BCUT2D eigenvalue weighted by Gasteiger charge is -2.14. The minimum atomic E-state index is 0.806. The Morgan fingerprint density at radius 3 is 0.724 bits per heavy atom. The minimum Gasteiger partial charge on any atom is -0.354 e. The molecule has 0 fully saturated rings. The van der Waals surface area contributed by atoms with Crippen LogP contribution in [0, 0.1) is 27.7 Å². The van der Waals surface area contributed by atoms with Crippen molar-refractivity contribution in [2.75, 3.05) is 0 Å². The number of hydrogen-bond acceptors (Lipinski definition) is 4. The summed E-state index contributed by atoms with van der Waals surface area (Å²) in [4.78, 5) is 40.0. The first-order valence-corrected chi connectivity index (χ1v) is 33.7. The Kier molecular flexibility index (Phi) is 14.5. The van der Waals surface area contributed by atoms with Crippen molar-refractivity contribution in [1.29, 1.82) is 0 Å². The summed E-state index contributed by atoms with van der Waals surface area (Å²) in [6, 6.07) is 81.9. The molecule has 4 aliphatic rings. The normalized spacial score (nSPS) is 12.7. The van der Waals surface area contributed by atoms with Crippen molar-refractivity contribution in [2.24, 2.45) is 0 Å². The predicted molar refractivity (Wildman–Crippen MR) is 412 cm³/mol. The number of nitrogens with one attached hydrogen (secondary N) is 4. The summed E-state index contributed by atoms with van der Waals surface area (Å²) in [5, 5.41) is 0. The van der Waals surface area contributed by atoms with Gasteiger partial charge in [0, 0.05) is 66.6 Å². The van der Waals surface area contributed by atoms with Crippen LogP contribution < -0.4 is 0 Å². The summed E-state index contributed by atoms with van der Waals surface area (Å²) >= 11 is 0. The fourth-order valence-electron chi connectivity index (χ4n) is 15.1. The van der Waals surface area contributed by atoms with Crippen LogP contribution in [0.3, 0.4) is 0 Å². The number of benzene rings is 7. The van der Waals surface area contributed by atoms with E-state index in [1.165, 1.54) is 0 Å². The Bertz CT molecular complexity index is 5880. The molecule has 16 bridgehead atoms. The van der Waals surface area contributed by atoms with E-state index in [0.717, 1.165) is 223 Å². The zero-order valence-electron chi connectivity index (χ0n) is 56.0. The molecule has 0 saturated heterocycles. The average Bonchev–Trinajstić information content (AvgIpc) is 1.56. The van der Waals surface area contributed by atoms with E-state index in [1.54, 1.807) is 0 Å². The second-order valence-corrected chi connectivity index (χ2v) is 26.1. The van der Waals surface area contributed by atoms with Gasteiger partial charge in [-0.1, -0.05) is 206 Å². The first-order valence-electron chi connectivity index (χ1n) is 33.7. The highest BCUT2D eigenvalue weighted by atomic mass is 14.8. The van der Waals surface area contributed by atoms with E-state index in [-0.39, 0.29) is 0 Å². The molecule has 0 amide bonds. The van der Waals surface area contributed by atoms with E-state index in [2.05, 4.69) is 330 Å². The van der Waals surface area contributed by atoms with Crippen LogP contribution in [-0.4, -0.2) is 39.9 Å². The molecule has 4 aliphatic heterocycles. The number of allylic oxidation sites excluding steroid dienone is 4. The van der Waals surface area contributed by atoms with E-state index < -0.39 is 0 Å². The van der Waals surface area contributed by atoms with Gasteiger partial charge in [-0.3, -0.25) is 0 Å². The number of fused-ring (bicyclic) bond motifs is 16. The number of aromatic amines is 4. The molecule has 7 aromatic carbocycles. The summed E-state index contributed by atoms with van der Waals surface area (Å²) < 4.78 is 0. The van der Waals surface area contributed by atoms with Crippen LogP contribution >= 0.6 is 0 Å². The zero-order valence-corrected chi connectivity index (χ0v) is 56.0. The van der Waals surface area contributed by atoms with Crippen LogP contribution in [0.2, 0.25) is 0 Å². The third-order valence-corrected chi connectivity index (χ3v) is 20.7. The molecule has 0 unspecified atom stereocenters. The molecule has 8 heteroatoms. The molecule has 0 saturated carbocycles. The van der Waals surface area contributed by atoms with Crippen molar-refractivity contribution >= 4 is 90.7 Å². The highest BCUT2D eigenvalue weighted by Gasteiger charge is 2.31. The monoisotopic (exact) mass is 1260 g/mol. The van der Waals surface area contributed by atoms with Crippen molar-refractivity contribution in [2.45, 2.75) is 55.4 Å². The van der Waals surface area contributed by atoms with Crippen LogP contribution in [0.1, 0.15) is 95.5 Å². The molecule has 4 N–H and O–H groups in total. The molecule has 470 valence electrons. The lowest BCUT2D eigenvalue weighted by molar-refractivity contribution is 1.28. The van der Waals surface area contributed by atoms with Crippen LogP contribution in [0.5, 0.6) is 0 Å². The molecule has 0 aliphatic carbocycles. The fraction of sp³-hybridized carbons (Fsp3) is 0.0889. The Morgan fingerprint density at radius 2 is 0.429 bits per heavy atom. The van der Waals surface area contributed by atoms with E-state index in [9.17, 15) is 0 Å². The predicted octanol–water partition coefficient (Wildman–Crippen LogP) is 23.8. The number of aromatic nitrogens is 8. The standard InChI is InChI=1S/C90H70N8/c1-51-53(3)85-79(63-37-23-13-24-38-63)87-55(5)57(7)89(97-87)82(90-58(8)56(6)88(98-90)80(64-39-25-14-26-40-64)86-54(4)52(2)84(96-86)78(83(51)95-85)62-35-21-12-22-36-62)66-42-28-27-41-65(66)81-73-49-47-71(93-73)76(60-31-17-10-18-32-60)69-45-43-67(91-69)75(59-29-15-9-16-30-59)68-44-46-70(92-68)77(61-33-19-11-20-34-61)72-48-50-74(81)94-72/h9-50,91,94-95,98H,1-8H3. The molecule has 8 nitrogen and oxygen atoms in total. The first kappa shape index (κ1) is 59.5. The molecule has 10 heterocycles. The number of hydrogen-bond donors (Lipinski definition) is 4. The van der Waals surface area contributed by atoms with Gasteiger partial charge in [-0.2, -0.15) is 0 Å². The third-order valence-electron chi connectivity index (χ3n) is 20.7. The SMILES string of the molecule is CC1=C(C)c2nc1c(-c1ccccc1)c1[nH]c(c(C)c1C)c(-c1ccccc1)c1nc(c(-c3ccccc3-c3c4nc(c(-c5ccccc5)c5ccc([nH]5)c(-c5ccccc5)c5nc(c(-c6ccccc6)c6ccc3[nH]6)C=C5)C=C4)c3[nH]c(c(C)c3C)c2-c2ccccc2)C(C)=C1C. The van der Waals surface area contributed by atoms with Gasteiger partial charge < -0.3 is 19.9 Å². The molecule has 17 rings (SSSR count). The van der Waals surface area contributed by atoms with E-state index >= 15 is 0 Å². The van der Waals surface area contributed by atoms with Crippen molar-refractivity contribution in [3.05, 3.63) is 298 Å². The van der Waals surface area contributed by atoms with Crippen molar-refractivity contribution in [3.8, 4) is 89.0 Å². The summed E-state index contributed by atoms with van der Waals surface area (Å²) in [5.74, 6) is 0. The molecular formula is C90H70N8. The van der Waals surface area contributed by atoms with Gasteiger partial charge in [0.1, 0.15) is 0 Å². The van der Waals surface area contributed by atoms with E-state index in [4.69, 9.17) is 19.9 Å². The Morgan fingerprint density at radius 1 is 0.204 bits per heavy atom. The second kappa shape index (κ2) is 23.9. The Hall–Kier alpha value is -12.3. The smallest absolute Gasteiger partial charge is 0.0769 e. The summed E-state index contributed by atoms with van der Waals surface area (Å²) in [5.41, 5.74) is 40.0. The van der Waals surface area contributed by atoms with Gasteiger partial charge in [0.25, 0.3) is 0 Å². The summed E-state index contributed by atoms with van der Waals surface area (Å²) in [7, 11) is 0. The van der Waals surface area contributed by atoms with Gasteiger partial charge in [0.2, 0.25) is 0 Å². The highest BCUT2D eigenvalue weighted by Crippen LogP contribution is 2.50. The number of nitrogens with zero attached hydrogens (tertiary/aromatic N) is 4. The van der Waals surface area contributed by atoms with Crippen LogP contribution in [0.4, 0.5) is 0 Å². The molecule has 0 spiro atoms. The summed E-state index contributed by atoms with van der Waals surface area (Å²) in [6.45, 7) is 18.0. The lowest BCUT2D eigenvalue weighted by Crippen LogP contribution is -1.95. The molecule has 13 aromatic rings. The van der Waals surface area contributed by atoms with Gasteiger partial charge in [0.05, 0.1) is 67.6 Å². The Balaban J connectivity index is 1.06. The number of aryl methyl sites for hydroxylation is 4.